The Kier molecular flexibility index (Phi) is 3.67. The van der Waals surface area contributed by atoms with Gasteiger partial charge in [0.15, 0.2) is 0 Å². The molecule has 0 aliphatic heterocycles. The molecule has 0 bridgehead atoms. The summed E-state index contributed by atoms with van der Waals surface area (Å²) in [5.74, 6) is 0. The second-order valence-electron chi connectivity index (χ2n) is 4.11. The Labute approximate surface area is 110 Å². The van der Waals surface area contributed by atoms with Gasteiger partial charge in [-0.1, -0.05) is 6.07 Å². The second kappa shape index (κ2) is 5.12. The Morgan fingerprint density at radius 3 is 2.60 bits per heavy atom. The number of fused-ring (bicyclic) bond motifs is 1. The van der Waals surface area contributed by atoms with Crippen LogP contribution in [0.3, 0.4) is 0 Å². The molecule has 108 valence electrons. The fourth-order valence-electron chi connectivity index (χ4n) is 1.92. The van der Waals surface area contributed by atoms with E-state index in [0.29, 0.717) is 4.57 Å². The Morgan fingerprint density at radius 2 is 2.00 bits per heavy atom. The number of hydrogen-bond acceptors (Lipinski definition) is 3. The highest BCUT2D eigenvalue weighted by molar-refractivity contribution is 5.81. The molecule has 1 aromatic heterocycles. The van der Waals surface area contributed by atoms with Crippen LogP contribution in [0, 0.1) is 0 Å². The van der Waals surface area contributed by atoms with Gasteiger partial charge in [-0.25, -0.2) is 4.79 Å². The largest absolute Gasteiger partial charge is 0.417 e. The summed E-state index contributed by atoms with van der Waals surface area (Å²) in [7, 11) is 1.36. The van der Waals surface area contributed by atoms with E-state index in [1.54, 1.807) is 0 Å². The van der Waals surface area contributed by atoms with Gasteiger partial charge in [0.1, 0.15) is 0 Å². The number of benzene rings is 1. The van der Waals surface area contributed by atoms with E-state index in [1.807, 2.05) is 0 Å². The van der Waals surface area contributed by atoms with Gasteiger partial charge in [0.25, 0.3) is 5.56 Å². The Balaban J connectivity index is 2.81. The molecule has 0 radical (unpaired) electrons. The van der Waals surface area contributed by atoms with Gasteiger partial charge in [0.2, 0.25) is 0 Å². The quantitative estimate of drug-likeness (QED) is 0.927. The summed E-state index contributed by atoms with van der Waals surface area (Å²) in [6.45, 7) is -0.0739. The third kappa shape index (κ3) is 2.46. The molecule has 1 N–H and O–H groups in total. The SMILES string of the molecule is COCCn1c(=O)[nH]c2cccc(C(F)(F)F)c2c1=O. The number of nitrogens with zero attached hydrogens (tertiary/aromatic N) is 1. The van der Waals surface area contributed by atoms with Crippen LogP contribution in [-0.4, -0.2) is 23.3 Å². The standard InChI is InChI=1S/C12H11F3N2O3/c1-20-6-5-17-10(18)9-7(12(13,14)15)3-2-4-8(9)16-11(17)19/h2-4H,5-6H2,1H3,(H,16,19). The molecule has 0 saturated heterocycles. The van der Waals surface area contributed by atoms with Crippen LogP contribution in [0.15, 0.2) is 27.8 Å². The molecule has 20 heavy (non-hydrogen) atoms. The number of H-pyrrole nitrogens is 1. The molecule has 0 atom stereocenters. The maximum Gasteiger partial charge on any atom is 0.417 e. The van der Waals surface area contributed by atoms with Crippen LogP contribution in [-0.2, 0) is 17.5 Å². The van der Waals surface area contributed by atoms with Gasteiger partial charge in [-0.05, 0) is 12.1 Å². The molecule has 0 saturated carbocycles. The predicted molar refractivity (Wildman–Crippen MR) is 65.7 cm³/mol. The smallest absolute Gasteiger partial charge is 0.383 e. The van der Waals surface area contributed by atoms with Crippen LogP contribution in [0.4, 0.5) is 13.2 Å². The van der Waals surface area contributed by atoms with Gasteiger partial charge in [-0.3, -0.25) is 9.36 Å². The van der Waals surface area contributed by atoms with Crippen molar-refractivity contribution in [1.82, 2.24) is 9.55 Å². The monoisotopic (exact) mass is 288 g/mol. The van der Waals surface area contributed by atoms with E-state index in [2.05, 4.69) is 4.98 Å². The van der Waals surface area contributed by atoms with Crippen molar-refractivity contribution in [2.24, 2.45) is 0 Å². The average molecular weight is 288 g/mol. The first kappa shape index (κ1) is 14.3. The zero-order valence-corrected chi connectivity index (χ0v) is 10.5. The highest BCUT2D eigenvalue weighted by atomic mass is 19.4. The van der Waals surface area contributed by atoms with E-state index in [1.165, 1.54) is 13.2 Å². The molecule has 0 amide bonds. The minimum Gasteiger partial charge on any atom is -0.383 e. The Bertz CT molecular complexity index is 746. The van der Waals surface area contributed by atoms with Crippen molar-refractivity contribution >= 4 is 10.9 Å². The van der Waals surface area contributed by atoms with E-state index >= 15 is 0 Å². The van der Waals surface area contributed by atoms with Crippen molar-refractivity contribution in [2.75, 3.05) is 13.7 Å². The molecule has 0 aliphatic carbocycles. The molecule has 0 spiro atoms. The van der Waals surface area contributed by atoms with Crippen molar-refractivity contribution in [1.29, 1.82) is 0 Å². The molecule has 8 heteroatoms. The molecule has 0 unspecified atom stereocenters. The first-order chi connectivity index (χ1) is 9.36. The summed E-state index contributed by atoms with van der Waals surface area (Å²) >= 11 is 0. The highest BCUT2D eigenvalue weighted by Gasteiger charge is 2.34. The normalized spacial score (nSPS) is 12.0. The summed E-state index contributed by atoms with van der Waals surface area (Å²) in [5.41, 5.74) is -2.95. The number of ether oxygens (including phenoxy) is 1. The third-order valence-electron chi connectivity index (χ3n) is 2.83. The van der Waals surface area contributed by atoms with Gasteiger partial charge in [0.05, 0.1) is 29.6 Å². The number of methoxy groups -OCH3 is 1. The van der Waals surface area contributed by atoms with Crippen LogP contribution in [0.2, 0.25) is 0 Å². The van der Waals surface area contributed by atoms with Gasteiger partial charge >= 0.3 is 11.9 Å². The van der Waals surface area contributed by atoms with Crippen LogP contribution >= 0.6 is 0 Å². The zero-order valence-electron chi connectivity index (χ0n) is 10.5. The average Bonchev–Trinajstić information content (AvgIpc) is 2.36. The maximum absolute atomic E-state index is 12.9. The minimum absolute atomic E-state index is 0.0443. The van der Waals surface area contributed by atoms with Crippen molar-refractivity contribution in [3.05, 3.63) is 44.6 Å². The number of aromatic nitrogens is 2. The summed E-state index contributed by atoms with van der Waals surface area (Å²) in [5, 5.41) is -0.546. The van der Waals surface area contributed by atoms with E-state index in [0.717, 1.165) is 12.1 Å². The number of aromatic amines is 1. The second-order valence-corrected chi connectivity index (χ2v) is 4.11. The van der Waals surface area contributed by atoms with Gasteiger partial charge in [-0.15, -0.1) is 0 Å². The number of rotatable bonds is 3. The minimum atomic E-state index is -4.67. The van der Waals surface area contributed by atoms with Crippen LogP contribution in [0.1, 0.15) is 5.56 Å². The van der Waals surface area contributed by atoms with Crippen LogP contribution < -0.4 is 11.2 Å². The molecule has 0 fully saturated rings. The molecule has 0 aliphatic rings. The number of hydrogen-bond donors (Lipinski definition) is 1. The first-order valence-electron chi connectivity index (χ1n) is 5.68. The number of nitrogens with one attached hydrogen (secondary N) is 1. The van der Waals surface area contributed by atoms with Crippen LogP contribution in [0.25, 0.3) is 10.9 Å². The summed E-state index contributed by atoms with van der Waals surface area (Å²) in [6, 6.07) is 3.21. The fraction of sp³-hybridized carbons (Fsp3) is 0.333. The lowest BCUT2D eigenvalue weighted by Gasteiger charge is -2.11. The molecule has 5 nitrogen and oxygen atoms in total. The Morgan fingerprint density at radius 1 is 1.30 bits per heavy atom. The molecule has 1 aromatic carbocycles. The van der Waals surface area contributed by atoms with E-state index in [-0.39, 0.29) is 18.7 Å². The van der Waals surface area contributed by atoms with E-state index < -0.39 is 28.4 Å². The van der Waals surface area contributed by atoms with Crippen molar-refractivity contribution < 1.29 is 17.9 Å². The van der Waals surface area contributed by atoms with E-state index in [4.69, 9.17) is 4.74 Å². The first-order valence-corrected chi connectivity index (χ1v) is 5.68. The van der Waals surface area contributed by atoms with Gasteiger partial charge in [0, 0.05) is 7.11 Å². The van der Waals surface area contributed by atoms with Gasteiger partial charge < -0.3 is 9.72 Å². The lowest BCUT2D eigenvalue weighted by Crippen LogP contribution is -2.37. The predicted octanol–water partition coefficient (Wildman–Crippen LogP) is 1.35. The maximum atomic E-state index is 12.9. The molecule has 2 aromatic rings. The zero-order chi connectivity index (χ0) is 14.9. The molecular formula is C12H11F3N2O3. The molecular weight excluding hydrogens is 277 g/mol. The third-order valence-corrected chi connectivity index (χ3v) is 2.83. The van der Waals surface area contributed by atoms with Crippen molar-refractivity contribution in [2.45, 2.75) is 12.7 Å². The molecule has 1 heterocycles. The summed E-state index contributed by atoms with van der Waals surface area (Å²) in [4.78, 5) is 26.1. The van der Waals surface area contributed by atoms with E-state index in [9.17, 15) is 22.8 Å². The number of alkyl halides is 3. The van der Waals surface area contributed by atoms with Crippen LogP contribution in [0.5, 0.6) is 0 Å². The lowest BCUT2D eigenvalue weighted by atomic mass is 10.1. The lowest BCUT2D eigenvalue weighted by molar-refractivity contribution is -0.136. The van der Waals surface area contributed by atoms with Gasteiger partial charge in [-0.2, -0.15) is 13.2 Å². The fourth-order valence-corrected chi connectivity index (χ4v) is 1.92. The molecule has 2 rings (SSSR count). The highest BCUT2D eigenvalue weighted by Crippen LogP contribution is 2.32. The Hall–Kier alpha value is -2.09. The summed E-state index contributed by atoms with van der Waals surface area (Å²) < 4.78 is 44.2. The number of halogens is 3. The summed E-state index contributed by atoms with van der Waals surface area (Å²) in [6.07, 6.45) is -4.67. The topological polar surface area (TPSA) is 64.1 Å². The van der Waals surface area contributed by atoms with Crippen molar-refractivity contribution in [3.63, 3.8) is 0 Å². The van der Waals surface area contributed by atoms with Crippen molar-refractivity contribution in [3.8, 4) is 0 Å².